The Morgan fingerprint density at radius 3 is 3.05 bits per heavy atom. The number of carbonyl (C=O) groups is 2. The maximum Gasteiger partial charge on any atom is 0.266 e. The van der Waals surface area contributed by atoms with E-state index < -0.39 is 0 Å². The smallest absolute Gasteiger partial charge is 0.266 e. The molecule has 110 valence electrons. The number of nitrogens with one attached hydrogen (secondary N) is 1. The highest BCUT2D eigenvalue weighted by Crippen LogP contribution is 2.35. The molecule has 1 aliphatic rings. The highest BCUT2D eigenvalue weighted by molar-refractivity contribution is 7.21. The fourth-order valence-corrected chi connectivity index (χ4v) is 3.58. The summed E-state index contributed by atoms with van der Waals surface area (Å²) in [5.74, 6) is -0.264. The number of aryl methyl sites for hydroxylation is 1. The average Bonchev–Trinajstić information content (AvgIpc) is 2.64. The summed E-state index contributed by atoms with van der Waals surface area (Å²) in [7, 11) is 0. The van der Waals surface area contributed by atoms with Crippen LogP contribution in [0.1, 0.15) is 21.7 Å². The average molecular weight is 303 g/mol. The maximum atomic E-state index is 12.6. The van der Waals surface area contributed by atoms with Crippen molar-refractivity contribution in [3.05, 3.63) is 28.6 Å². The first-order chi connectivity index (χ1) is 10.1. The van der Waals surface area contributed by atoms with Crippen LogP contribution in [0.25, 0.3) is 10.1 Å². The van der Waals surface area contributed by atoms with Gasteiger partial charge in [-0.15, -0.1) is 11.3 Å². The third kappa shape index (κ3) is 2.58. The zero-order valence-electron chi connectivity index (χ0n) is 11.8. The first-order valence-corrected chi connectivity index (χ1v) is 7.72. The summed E-state index contributed by atoms with van der Waals surface area (Å²) in [6, 6.07) is 5.98. The van der Waals surface area contributed by atoms with Crippen molar-refractivity contribution in [3.63, 3.8) is 0 Å². The lowest BCUT2D eigenvalue weighted by Crippen LogP contribution is -2.37. The van der Waals surface area contributed by atoms with Gasteiger partial charge < -0.3 is 16.0 Å². The van der Waals surface area contributed by atoms with Gasteiger partial charge in [0.15, 0.2) is 0 Å². The first-order valence-electron chi connectivity index (χ1n) is 6.91. The monoisotopic (exact) mass is 303 g/mol. The molecule has 0 unspecified atom stereocenters. The van der Waals surface area contributed by atoms with Crippen molar-refractivity contribution in [1.82, 2.24) is 10.2 Å². The quantitative estimate of drug-likeness (QED) is 0.843. The first kappa shape index (κ1) is 13.9. The Labute approximate surface area is 126 Å². The van der Waals surface area contributed by atoms with E-state index in [0.29, 0.717) is 23.7 Å². The molecule has 0 atom stereocenters. The molecule has 5 nitrogen and oxygen atoms in total. The van der Waals surface area contributed by atoms with E-state index in [4.69, 9.17) is 5.73 Å². The van der Waals surface area contributed by atoms with Crippen LogP contribution in [0.15, 0.2) is 18.2 Å². The third-order valence-electron chi connectivity index (χ3n) is 3.62. The number of benzene rings is 1. The van der Waals surface area contributed by atoms with Crippen LogP contribution in [-0.2, 0) is 4.79 Å². The van der Waals surface area contributed by atoms with Gasteiger partial charge in [0.2, 0.25) is 5.91 Å². The van der Waals surface area contributed by atoms with E-state index in [1.807, 2.05) is 25.1 Å². The van der Waals surface area contributed by atoms with Gasteiger partial charge in [0.1, 0.15) is 4.88 Å². The summed E-state index contributed by atoms with van der Waals surface area (Å²) in [6.45, 7) is 3.29. The Balaban J connectivity index is 1.97. The minimum atomic E-state index is -0.150. The van der Waals surface area contributed by atoms with E-state index in [-0.39, 0.29) is 18.4 Å². The van der Waals surface area contributed by atoms with E-state index in [9.17, 15) is 9.59 Å². The lowest BCUT2D eigenvalue weighted by molar-refractivity contribution is -0.121. The molecule has 0 radical (unpaired) electrons. The Hall–Kier alpha value is -2.08. The number of hydrogen-bond donors (Lipinski definition) is 2. The summed E-state index contributed by atoms with van der Waals surface area (Å²) >= 11 is 1.39. The number of anilines is 1. The molecule has 2 amide bonds. The Morgan fingerprint density at radius 2 is 2.24 bits per heavy atom. The van der Waals surface area contributed by atoms with Crippen LogP contribution < -0.4 is 11.1 Å². The molecule has 2 heterocycles. The van der Waals surface area contributed by atoms with Crippen LogP contribution in [-0.4, -0.2) is 36.3 Å². The van der Waals surface area contributed by atoms with Gasteiger partial charge in [-0.05, 0) is 25.5 Å². The molecule has 1 aromatic heterocycles. The van der Waals surface area contributed by atoms with Crippen molar-refractivity contribution in [2.75, 3.05) is 25.4 Å². The zero-order chi connectivity index (χ0) is 15.0. The van der Waals surface area contributed by atoms with E-state index in [1.54, 1.807) is 4.90 Å². The number of amides is 2. The van der Waals surface area contributed by atoms with Gasteiger partial charge in [-0.1, -0.05) is 11.6 Å². The van der Waals surface area contributed by atoms with Crippen molar-refractivity contribution >= 4 is 38.9 Å². The second-order valence-electron chi connectivity index (χ2n) is 5.27. The molecule has 1 aromatic carbocycles. The maximum absolute atomic E-state index is 12.6. The summed E-state index contributed by atoms with van der Waals surface area (Å²) < 4.78 is 1.00. The molecule has 0 bridgehead atoms. The Bertz CT molecular complexity index is 723. The van der Waals surface area contributed by atoms with Crippen LogP contribution in [0.2, 0.25) is 0 Å². The SMILES string of the molecule is Cc1ccc2sc(C(=O)N3CCCNC(=O)C3)c(N)c2c1. The number of carbonyl (C=O) groups excluding carboxylic acids is 2. The van der Waals surface area contributed by atoms with Crippen molar-refractivity contribution in [2.45, 2.75) is 13.3 Å². The van der Waals surface area contributed by atoms with Crippen molar-refractivity contribution in [2.24, 2.45) is 0 Å². The molecule has 6 heteroatoms. The van der Waals surface area contributed by atoms with Gasteiger partial charge in [-0.3, -0.25) is 9.59 Å². The highest BCUT2D eigenvalue weighted by Gasteiger charge is 2.25. The minimum absolute atomic E-state index is 0.103. The lowest BCUT2D eigenvalue weighted by atomic mass is 10.1. The lowest BCUT2D eigenvalue weighted by Gasteiger charge is -2.18. The topological polar surface area (TPSA) is 75.4 Å². The minimum Gasteiger partial charge on any atom is -0.397 e. The molecule has 1 aliphatic heterocycles. The van der Waals surface area contributed by atoms with Gasteiger partial charge in [0.05, 0.1) is 12.2 Å². The largest absolute Gasteiger partial charge is 0.397 e. The van der Waals surface area contributed by atoms with Crippen LogP contribution in [0.3, 0.4) is 0 Å². The molecule has 3 N–H and O–H groups in total. The number of hydrogen-bond acceptors (Lipinski definition) is 4. The second-order valence-corrected chi connectivity index (χ2v) is 6.33. The predicted molar refractivity (Wildman–Crippen MR) is 84.5 cm³/mol. The number of fused-ring (bicyclic) bond motifs is 1. The summed E-state index contributed by atoms with van der Waals surface area (Å²) in [5.41, 5.74) is 7.78. The van der Waals surface area contributed by atoms with Crippen molar-refractivity contribution in [1.29, 1.82) is 0 Å². The standard InChI is InChI=1S/C15H17N3O2S/c1-9-3-4-11-10(7-9)13(16)14(21-11)15(20)18-6-2-5-17-12(19)8-18/h3-4,7H,2,5-6,8,16H2,1H3,(H,17,19). The normalized spacial score (nSPS) is 15.9. The molecule has 0 aliphatic carbocycles. The van der Waals surface area contributed by atoms with Crippen LogP contribution in [0, 0.1) is 6.92 Å². The molecule has 1 fully saturated rings. The summed E-state index contributed by atoms with van der Waals surface area (Å²) in [4.78, 5) is 26.4. The number of rotatable bonds is 1. The fourth-order valence-electron chi connectivity index (χ4n) is 2.51. The van der Waals surface area contributed by atoms with Gasteiger partial charge in [-0.2, -0.15) is 0 Å². The van der Waals surface area contributed by atoms with Gasteiger partial charge >= 0.3 is 0 Å². The predicted octanol–water partition coefficient (Wildman–Crippen LogP) is 1.75. The third-order valence-corrected chi connectivity index (χ3v) is 4.80. The van der Waals surface area contributed by atoms with Crippen molar-refractivity contribution in [3.8, 4) is 0 Å². The number of nitrogens with zero attached hydrogens (tertiary/aromatic N) is 1. The van der Waals surface area contributed by atoms with E-state index >= 15 is 0 Å². The fraction of sp³-hybridized carbons (Fsp3) is 0.333. The molecular formula is C15H17N3O2S. The van der Waals surface area contributed by atoms with Gasteiger partial charge in [-0.25, -0.2) is 0 Å². The van der Waals surface area contributed by atoms with E-state index in [1.165, 1.54) is 11.3 Å². The number of thiophene rings is 1. The van der Waals surface area contributed by atoms with Crippen molar-refractivity contribution < 1.29 is 9.59 Å². The van der Waals surface area contributed by atoms with Gasteiger partial charge in [0, 0.05) is 23.2 Å². The van der Waals surface area contributed by atoms with E-state index in [2.05, 4.69) is 5.32 Å². The molecule has 0 saturated carbocycles. The Kier molecular flexibility index (Phi) is 3.55. The molecular weight excluding hydrogens is 286 g/mol. The summed E-state index contributed by atoms with van der Waals surface area (Å²) in [6.07, 6.45) is 0.765. The number of nitrogens with two attached hydrogens (primary N) is 1. The Morgan fingerprint density at radius 1 is 1.43 bits per heavy atom. The van der Waals surface area contributed by atoms with E-state index in [0.717, 1.165) is 22.1 Å². The zero-order valence-corrected chi connectivity index (χ0v) is 12.6. The summed E-state index contributed by atoms with van der Waals surface area (Å²) in [5, 5.41) is 3.69. The second kappa shape index (κ2) is 5.37. The molecule has 3 rings (SSSR count). The van der Waals surface area contributed by atoms with Gasteiger partial charge in [0.25, 0.3) is 5.91 Å². The van der Waals surface area contributed by atoms with Crippen LogP contribution in [0.5, 0.6) is 0 Å². The molecule has 21 heavy (non-hydrogen) atoms. The highest BCUT2D eigenvalue weighted by atomic mass is 32.1. The van der Waals surface area contributed by atoms with Crippen LogP contribution in [0.4, 0.5) is 5.69 Å². The molecule has 0 spiro atoms. The number of nitrogen functional groups attached to an aromatic ring is 1. The van der Waals surface area contributed by atoms with Crippen LogP contribution >= 0.6 is 11.3 Å². The molecule has 1 saturated heterocycles. The molecule has 2 aromatic rings.